The van der Waals surface area contributed by atoms with Gasteiger partial charge in [-0.1, -0.05) is 11.6 Å². The molecule has 6 heteroatoms. The van der Waals surface area contributed by atoms with Crippen LogP contribution in [0, 0.1) is 0 Å². The highest BCUT2D eigenvalue weighted by molar-refractivity contribution is 5.95. The van der Waals surface area contributed by atoms with Crippen molar-refractivity contribution in [1.29, 1.82) is 0 Å². The second-order valence-corrected chi connectivity index (χ2v) is 6.76. The first-order chi connectivity index (χ1) is 11.7. The van der Waals surface area contributed by atoms with Crippen molar-refractivity contribution in [2.45, 2.75) is 30.9 Å². The molecule has 0 N–H and O–H groups in total. The molecule has 1 fully saturated rings. The molecule has 3 unspecified atom stereocenters. The molecule has 0 saturated carbocycles. The summed E-state index contributed by atoms with van der Waals surface area (Å²) in [5.41, 5.74) is 2.88. The molecule has 126 valence electrons. The number of likely N-dealkylation sites (N-methyl/N-ethyl adjacent to an activating group) is 1. The fraction of sp³-hybridized carbons (Fsp3) is 0.500. The minimum Gasteiger partial charge on any atom is -0.492 e. The SMILES string of the molecule is COc1c2c(cc3c1C1C(CC=C4CCN(C)C41)OC3=O)OCO2. The molecule has 1 aromatic rings. The van der Waals surface area contributed by atoms with E-state index in [0.717, 1.165) is 24.9 Å². The topological polar surface area (TPSA) is 57.2 Å². The number of carbonyl (C=O) groups is 1. The number of fused-ring (bicyclic) bond motifs is 6. The summed E-state index contributed by atoms with van der Waals surface area (Å²) >= 11 is 0. The molecule has 5 rings (SSSR count). The van der Waals surface area contributed by atoms with Gasteiger partial charge in [0.05, 0.1) is 12.7 Å². The Morgan fingerprint density at radius 1 is 1.33 bits per heavy atom. The molecule has 24 heavy (non-hydrogen) atoms. The molecule has 0 aromatic heterocycles. The van der Waals surface area contributed by atoms with Crippen LogP contribution in [-0.4, -0.2) is 50.5 Å². The van der Waals surface area contributed by atoms with Crippen molar-refractivity contribution < 1.29 is 23.7 Å². The third kappa shape index (κ3) is 1.72. The number of rotatable bonds is 1. The molecule has 0 spiro atoms. The van der Waals surface area contributed by atoms with Crippen molar-refractivity contribution in [1.82, 2.24) is 4.90 Å². The Bertz CT molecular complexity index is 771. The normalized spacial score (nSPS) is 30.2. The fourth-order valence-electron chi connectivity index (χ4n) is 4.62. The average molecular weight is 329 g/mol. The Balaban J connectivity index is 1.75. The second-order valence-electron chi connectivity index (χ2n) is 6.76. The third-order valence-corrected chi connectivity index (χ3v) is 5.63. The smallest absolute Gasteiger partial charge is 0.339 e. The first kappa shape index (κ1) is 14.2. The molecule has 0 bridgehead atoms. The zero-order chi connectivity index (χ0) is 16.4. The molecule has 1 saturated heterocycles. The highest BCUT2D eigenvalue weighted by Crippen LogP contribution is 2.54. The van der Waals surface area contributed by atoms with Crippen LogP contribution >= 0.6 is 0 Å². The highest BCUT2D eigenvalue weighted by atomic mass is 16.7. The van der Waals surface area contributed by atoms with Gasteiger partial charge >= 0.3 is 5.97 Å². The molecule has 3 atom stereocenters. The Hall–Kier alpha value is -2.21. The van der Waals surface area contributed by atoms with Crippen molar-refractivity contribution in [3.8, 4) is 17.2 Å². The van der Waals surface area contributed by atoms with Gasteiger partial charge in [0.25, 0.3) is 0 Å². The summed E-state index contributed by atoms with van der Waals surface area (Å²) in [6.45, 7) is 1.17. The number of carbonyl (C=O) groups excluding carboxylic acids is 1. The van der Waals surface area contributed by atoms with Gasteiger partial charge in [0, 0.05) is 30.5 Å². The lowest BCUT2D eigenvalue weighted by Crippen LogP contribution is -2.45. The zero-order valence-electron chi connectivity index (χ0n) is 13.7. The van der Waals surface area contributed by atoms with Crippen LogP contribution in [0.5, 0.6) is 17.2 Å². The van der Waals surface area contributed by atoms with Gasteiger partial charge in [0.2, 0.25) is 12.5 Å². The number of methoxy groups -OCH3 is 1. The lowest BCUT2D eigenvalue weighted by Gasteiger charge is -2.42. The van der Waals surface area contributed by atoms with E-state index in [1.807, 2.05) is 0 Å². The number of ether oxygens (including phenoxy) is 4. The summed E-state index contributed by atoms with van der Waals surface area (Å²) in [5, 5.41) is 0. The zero-order valence-corrected chi connectivity index (χ0v) is 13.7. The molecule has 4 aliphatic rings. The van der Waals surface area contributed by atoms with Crippen LogP contribution in [0.2, 0.25) is 0 Å². The quantitative estimate of drug-likeness (QED) is 0.581. The monoisotopic (exact) mass is 329 g/mol. The van der Waals surface area contributed by atoms with Crippen molar-refractivity contribution >= 4 is 5.97 Å². The Morgan fingerprint density at radius 3 is 3.04 bits per heavy atom. The summed E-state index contributed by atoms with van der Waals surface area (Å²) in [6, 6.07) is 1.98. The van der Waals surface area contributed by atoms with Crippen molar-refractivity contribution in [3.05, 3.63) is 28.8 Å². The van der Waals surface area contributed by atoms with Gasteiger partial charge in [-0.05, 0) is 19.5 Å². The molecular formula is C18H19NO5. The van der Waals surface area contributed by atoms with E-state index in [-0.39, 0.29) is 30.8 Å². The summed E-state index contributed by atoms with van der Waals surface area (Å²) in [6.07, 6.45) is 3.91. The number of esters is 1. The second kappa shape index (κ2) is 4.89. The van der Waals surface area contributed by atoms with Gasteiger partial charge in [0.15, 0.2) is 11.5 Å². The van der Waals surface area contributed by atoms with E-state index in [2.05, 4.69) is 18.0 Å². The van der Waals surface area contributed by atoms with Gasteiger partial charge in [-0.15, -0.1) is 0 Å². The van der Waals surface area contributed by atoms with Crippen LogP contribution in [-0.2, 0) is 4.74 Å². The molecule has 3 aliphatic heterocycles. The highest BCUT2D eigenvalue weighted by Gasteiger charge is 2.49. The van der Waals surface area contributed by atoms with Crippen molar-refractivity contribution in [2.24, 2.45) is 0 Å². The maximum atomic E-state index is 12.6. The number of nitrogens with zero attached hydrogens (tertiary/aromatic N) is 1. The van der Waals surface area contributed by atoms with Crippen LogP contribution in [0.25, 0.3) is 0 Å². The van der Waals surface area contributed by atoms with Gasteiger partial charge in [-0.3, -0.25) is 4.90 Å². The number of likely N-dealkylation sites (tertiary alicyclic amines) is 1. The molecule has 1 aliphatic carbocycles. The molecule has 6 nitrogen and oxygen atoms in total. The summed E-state index contributed by atoms with van der Waals surface area (Å²) in [4.78, 5) is 14.9. The predicted octanol–water partition coefficient (Wildman–Crippen LogP) is 2.08. The molecular weight excluding hydrogens is 310 g/mol. The number of benzene rings is 1. The van der Waals surface area contributed by atoms with E-state index in [9.17, 15) is 4.79 Å². The van der Waals surface area contributed by atoms with Crippen molar-refractivity contribution in [3.63, 3.8) is 0 Å². The van der Waals surface area contributed by atoms with Crippen LogP contribution in [0.15, 0.2) is 17.7 Å². The van der Waals surface area contributed by atoms with Gasteiger partial charge in [-0.25, -0.2) is 4.79 Å². The average Bonchev–Trinajstić information content (AvgIpc) is 3.20. The minimum absolute atomic E-state index is 0.0645. The standard InChI is InChI=1S/C18H19NO5/c1-19-6-5-9-3-4-11-14(15(9)19)13-10(18(20)24-11)7-12-16(17(13)21-2)23-8-22-12/h3,7,11,14-15H,4-6,8H2,1-2H3. The van der Waals surface area contributed by atoms with E-state index in [4.69, 9.17) is 18.9 Å². The predicted molar refractivity (Wildman–Crippen MR) is 84.8 cm³/mol. The lowest BCUT2D eigenvalue weighted by molar-refractivity contribution is 0.00861. The first-order valence-corrected chi connectivity index (χ1v) is 8.29. The molecule has 3 heterocycles. The summed E-state index contributed by atoms with van der Waals surface area (Å²) < 4.78 is 22.5. The summed E-state index contributed by atoms with van der Waals surface area (Å²) in [7, 11) is 3.74. The van der Waals surface area contributed by atoms with E-state index >= 15 is 0 Å². The van der Waals surface area contributed by atoms with Crippen LogP contribution < -0.4 is 14.2 Å². The van der Waals surface area contributed by atoms with E-state index < -0.39 is 0 Å². The Morgan fingerprint density at radius 2 is 2.21 bits per heavy atom. The Labute approximate surface area is 139 Å². The molecule has 0 amide bonds. The van der Waals surface area contributed by atoms with Gasteiger partial charge < -0.3 is 18.9 Å². The molecule has 1 aromatic carbocycles. The number of hydrogen-bond acceptors (Lipinski definition) is 6. The van der Waals surface area contributed by atoms with Crippen LogP contribution in [0.1, 0.15) is 34.7 Å². The van der Waals surface area contributed by atoms with E-state index in [1.54, 1.807) is 13.2 Å². The van der Waals surface area contributed by atoms with Crippen LogP contribution in [0.3, 0.4) is 0 Å². The maximum Gasteiger partial charge on any atom is 0.339 e. The summed E-state index contributed by atoms with van der Waals surface area (Å²) in [5.74, 6) is 1.53. The molecule has 0 radical (unpaired) electrons. The lowest BCUT2D eigenvalue weighted by atomic mass is 9.74. The number of hydrogen-bond donors (Lipinski definition) is 0. The van der Waals surface area contributed by atoms with Gasteiger partial charge in [0.1, 0.15) is 6.10 Å². The minimum atomic E-state index is -0.305. The third-order valence-electron chi connectivity index (χ3n) is 5.63. The largest absolute Gasteiger partial charge is 0.492 e. The van der Waals surface area contributed by atoms with Crippen LogP contribution in [0.4, 0.5) is 0 Å². The van der Waals surface area contributed by atoms with Gasteiger partial charge in [-0.2, -0.15) is 0 Å². The van der Waals surface area contributed by atoms with Crippen molar-refractivity contribution in [2.75, 3.05) is 27.5 Å². The van der Waals surface area contributed by atoms with E-state index in [0.29, 0.717) is 22.8 Å². The fourth-order valence-corrected chi connectivity index (χ4v) is 4.62. The van der Waals surface area contributed by atoms with E-state index in [1.165, 1.54) is 5.57 Å². The Kier molecular flexibility index (Phi) is 2.89. The maximum absolute atomic E-state index is 12.6. The first-order valence-electron chi connectivity index (χ1n) is 8.29.